The number of hydrogen-bond acceptors (Lipinski definition) is 5. The van der Waals surface area contributed by atoms with Crippen LogP contribution in [0.25, 0.3) is 10.2 Å². The van der Waals surface area contributed by atoms with Gasteiger partial charge in [0, 0.05) is 25.5 Å². The number of halogens is 1. The number of amides is 1. The Kier molecular flexibility index (Phi) is 4.93. The Hall–Kier alpha value is -1.96. The molecule has 1 aromatic carbocycles. The van der Waals surface area contributed by atoms with E-state index >= 15 is 0 Å². The lowest BCUT2D eigenvalue weighted by atomic mass is 9.92. The normalized spacial score (nSPS) is 20.4. The summed E-state index contributed by atoms with van der Waals surface area (Å²) in [6.07, 6.45) is 4.95. The number of anilines is 1. The molecule has 0 unspecified atom stereocenters. The highest BCUT2D eigenvalue weighted by Gasteiger charge is 2.36. The Morgan fingerprint density at radius 3 is 3.19 bits per heavy atom. The largest absolute Gasteiger partial charge is 0.369 e. The molecule has 1 N–H and O–H groups in total. The zero-order valence-corrected chi connectivity index (χ0v) is 15.9. The molecule has 0 spiro atoms. The number of rotatable bonds is 4. The average Bonchev–Trinajstić information content (AvgIpc) is 3.28. The van der Waals surface area contributed by atoms with E-state index in [0.29, 0.717) is 22.3 Å². The molecule has 3 heterocycles. The highest BCUT2D eigenvalue weighted by Crippen LogP contribution is 2.35. The Balaban J connectivity index is 1.57. The molecule has 0 radical (unpaired) electrons. The smallest absolute Gasteiger partial charge is 0.232 e. The van der Waals surface area contributed by atoms with E-state index in [1.165, 1.54) is 11.3 Å². The molecule has 136 valence electrons. The fourth-order valence-electron chi connectivity index (χ4n) is 3.32. The highest BCUT2D eigenvalue weighted by atomic mass is 35.5. The number of carbonyl (C=O) groups excluding carboxylic acids is 1. The van der Waals surface area contributed by atoms with Gasteiger partial charge in [0.15, 0.2) is 5.13 Å². The lowest BCUT2D eigenvalue weighted by Crippen LogP contribution is -2.34. The summed E-state index contributed by atoms with van der Waals surface area (Å²) in [6.45, 7) is 3.48. The molecule has 1 fully saturated rings. The number of nitrogens with one attached hydrogen (secondary N) is 1. The molecular formula is C18H19ClN4O2S. The Labute approximate surface area is 160 Å². The highest BCUT2D eigenvalue weighted by molar-refractivity contribution is 7.22. The van der Waals surface area contributed by atoms with Crippen LogP contribution >= 0.6 is 22.9 Å². The number of benzene rings is 1. The van der Waals surface area contributed by atoms with Crippen molar-refractivity contribution >= 4 is 44.2 Å². The third kappa shape index (κ3) is 3.22. The first-order valence-corrected chi connectivity index (χ1v) is 9.85. The summed E-state index contributed by atoms with van der Waals surface area (Å²) in [4.78, 5) is 21.8. The van der Waals surface area contributed by atoms with Gasteiger partial charge in [-0.2, -0.15) is 0 Å². The number of nitrogens with zero attached hydrogens (tertiary/aromatic N) is 3. The van der Waals surface area contributed by atoms with Crippen LogP contribution in [0.5, 0.6) is 0 Å². The van der Waals surface area contributed by atoms with Gasteiger partial charge in [0.1, 0.15) is 17.4 Å². The van der Waals surface area contributed by atoms with Crippen molar-refractivity contribution in [2.45, 2.75) is 32.4 Å². The number of imidazole rings is 1. The lowest BCUT2D eigenvalue weighted by Gasteiger charge is -2.30. The molecule has 6 nitrogen and oxygen atoms in total. The van der Waals surface area contributed by atoms with E-state index in [9.17, 15) is 4.79 Å². The zero-order chi connectivity index (χ0) is 18.1. The minimum absolute atomic E-state index is 0.0875. The van der Waals surface area contributed by atoms with Crippen LogP contribution in [-0.4, -0.2) is 27.0 Å². The van der Waals surface area contributed by atoms with Crippen molar-refractivity contribution in [3.8, 4) is 0 Å². The number of thiazole rings is 1. The van der Waals surface area contributed by atoms with Crippen molar-refractivity contribution in [2.24, 2.45) is 5.92 Å². The monoisotopic (exact) mass is 390 g/mol. The molecule has 3 aromatic rings. The second-order valence-corrected chi connectivity index (χ2v) is 7.64. The van der Waals surface area contributed by atoms with Gasteiger partial charge in [-0.3, -0.25) is 4.79 Å². The predicted molar refractivity (Wildman–Crippen MR) is 103 cm³/mol. The van der Waals surface area contributed by atoms with E-state index in [2.05, 4.69) is 15.3 Å². The second kappa shape index (κ2) is 7.34. The molecule has 0 saturated carbocycles. The van der Waals surface area contributed by atoms with Crippen LogP contribution < -0.4 is 5.32 Å². The summed E-state index contributed by atoms with van der Waals surface area (Å²) in [5.74, 6) is 0.425. The number of aromatic nitrogens is 3. The third-order valence-electron chi connectivity index (χ3n) is 4.60. The number of ether oxygens (including phenoxy) is 1. The fraction of sp³-hybridized carbons (Fsp3) is 0.389. The van der Waals surface area contributed by atoms with Crippen molar-refractivity contribution in [2.75, 3.05) is 11.9 Å². The van der Waals surface area contributed by atoms with Gasteiger partial charge in [-0.05, 0) is 31.9 Å². The summed E-state index contributed by atoms with van der Waals surface area (Å²) in [6, 6.07) is 5.62. The number of carbonyl (C=O) groups is 1. The maximum absolute atomic E-state index is 12.9. The maximum Gasteiger partial charge on any atom is 0.232 e. The SMILES string of the molecule is CCn1ccnc1[C@@H]1OCCC[C@H]1C(=O)Nc1nc2c(Cl)cccc2s1. The molecule has 26 heavy (non-hydrogen) atoms. The molecule has 8 heteroatoms. The molecule has 0 aliphatic carbocycles. The Bertz CT molecular complexity index is 938. The molecule has 4 rings (SSSR count). The van der Waals surface area contributed by atoms with E-state index < -0.39 is 0 Å². The first-order valence-electron chi connectivity index (χ1n) is 8.66. The molecule has 2 atom stereocenters. The Morgan fingerprint density at radius 1 is 1.50 bits per heavy atom. The van der Waals surface area contributed by atoms with E-state index in [0.717, 1.165) is 29.9 Å². The minimum Gasteiger partial charge on any atom is -0.369 e. The van der Waals surface area contributed by atoms with Gasteiger partial charge in [-0.25, -0.2) is 9.97 Å². The van der Waals surface area contributed by atoms with Crippen LogP contribution in [0.15, 0.2) is 30.6 Å². The van der Waals surface area contributed by atoms with Gasteiger partial charge in [-0.1, -0.05) is 29.0 Å². The summed E-state index contributed by atoms with van der Waals surface area (Å²) in [5, 5.41) is 4.09. The lowest BCUT2D eigenvalue weighted by molar-refractivity contribution is -0.130. The van der Waals surface area contributed by atoms with Gasteiger partial charge < -0.3 is 14.6 Å². The number of hydrogen-bond donors (Lipinski definition) is 1. The summed E-state index contributed by atoms with van der Waals surface area (Å²) in [7, 11) is 0. The van der Waals surface area contributed by atoms with Crippen LogP contribution in [0, 0.1) is 5.92 Å². The fourth-order valence-corrected chi connectivity index (χ4v) is 4.48. The van der Waals surface area contributed by atoms with Crippen LogP contribution in [0.3, 0.4) is 0 Å². The average molecular weight is 391 g/mol. The van der Waals surface area contributed by atoms with Gasteiger partial charge in [-0.15, -0.1) is 0 Å². The topological polar surface area (TPSA) is 69.0 Å². The molecule has 1 saturated heterocycles. The summed E-state index contributed by atoms with van der Waals surface area (Å²) >= 11 is 7.60. The first kappa shape index (κ1) is 17.5. The van der Waals surface area contributed by atoms with Crippen LogP contribution in [0.4, 0.5) is 5.13 Å². The molecule has 1 aliphatic rings. The zero-order valence-electron chi connectivity index (χ0n) is 14.3. The molecule has 2 aromatic heterocycles. The maximum atomic E-state index is 12.9. The predicted octanol–water partition coefficient (Wildman–Crippen LogP) is 4.27. The van der Waals surface area contributed by atoms with E-state index in [4.69, 9.17) is 16.3 Å². The van der Waals surface area contributed by atoms with Crippen molar-refractivity contribution < 1.29 is 9.53 Å². The van der Waals surface area contributed by atoms with Crippen LogP contribution in [0.1, 0.15) is 31.7 Å². The summed E-state index contributed by atoms with van der Waals surface area (Å²) in [5.41, 5.74) is 0.715. The standard InChI is InChI=1S/C18H19ClN4O2S/c1-2-23-9-8-20-16(23)15-11(5-4-10-25-15)17(24)22-18-21-14-12(19)6-3-7-13(14)26-18/h3,6-9,11,15H,2,4-5,10H2,1H3,(H,21,22,24)/t11-,15-/m1/s1. The van der Waals surface area contributed by atoms with E-state index in [1.807, 2.05) is 29.8 Å². The molecule has 1 amide bonds. The summed E-state index contributed by atoms with van der Waals surface area (Å²) < 4.78 is 8.90. The quantitative estimate of drug-likeness (QED) is 0.722. The first-order chi connectivity index (χ1) is 12.7. The van der Waals surface area contributed by atoms with Crippen molar-refractivity contribution in [1.82, 2.24) is 14.5 Å². The molecular weight excluding hydrogens is 372 g/mol. The van der Waals surface area contributed by atoms with Crippen molar-refractivity contribution in [3.05, 3.63) is 41.4 Å². The number of para-hydroxylation sites is 1. The molecule has 1 aliphatic heterocycles. The van der Waals surface area contributed by atoms with E-state index in [-0.39, 0.29) is 17.9 Å². The van der Waals surface area contributed by atoms with Crippen molar-refractivity contribution in [3.63, 3.8) is 0 Å². The van der Waals surface area contributed by atoms with Crippen molar-refractivity contribution in [1.29, 1.82) is 0 Å². The molecule has 0 bridgehead atoms. The van der Waals surface area contributed by atoms with Gasteiger partial charge >= 0.3 is 0 Å². The van der Waals surface area contributed by atoms with Gasteiger partial charge in [0.2, 0.25) is 5.91 Å². The number of aryl methyl sites for hydroxylation is 1. The van der Waals surface area contributed by atoms with Gasteiger partial charge in [0.25, 0.3) is 0 Å². The van der Waals surface area contributed by atoms with E-state index in [1.54, 1.807) is 12.3 Å². The van der Waals surface area contributed by atoms with Gasteiger partial charge in [0.05, 0.1) is 15.6 Å². The van der Waals surface area contributed by atoms with Crippen LogP contribution in [0.2, 0.25) is 5.02 Å². The Morgan fingerprint density at radius 2 is 2.38 bits per heavy atom. The second-order valence-electron chi connectivity index (χ2n) is 6.21. The third-order valence-corrected chi connectivity index (χ3v) is 5.84. The van der Waals surface area contributed by atoms with Crippen LogP contribution in [-0.2, 0) is 16.1 Å². The number of fused-ring (bicyclic) bond motifs is 1. The minimum atomic E-state index is -0.336.